The molecule has 6 nitrogen and oxygen atoms in total. The lowest BCUT2D eigenvalue weighted by Gasteiger charge is -2.23. The number of nitrogens with one attached hydrogen (secondary N) is 1. The second kappa shape index (κ2) is 9.36. The van der Waals surface area contributed by atoms with Crippen LogP contribution in [0.3, 0.4) is 0 Å². The summed E-state index contributed by atoms with van der Waals surface area (Å²) in [4.78, 5) is 33.9. The van der Waals surface area contributed by atoms with Crippen LogP contribution in [0, 0.1) is 0 Å². The molecule has 0 bridgehead atoms. The van der Waals surface area contributed by atoms with Crippen molar-refractivity contribution in [3.8, 4) is 0 Å². The molecule has 0 saturated heterocycles. The minimum absolute atomic E-state index is 0.0265. The maximum atomic E-state index is 13.0. The van der Waals surface area contributed by atoms with Crippen molar-refractivity contribution in [3.05, 3.63) is 88.4 Å². The number of amides is 2. The molecule has 3 aromatic carbocycles. The first-order valence-electron chi connectivity index (χ1n) is 10.2. The molecule has 32 heavy (non-hydrogen) atoms. The Kier molecular flexibility index (Phi) is 6.37. The molecule has 1 N–H and O–H groups in total. The quantitative estimate of drug-likeness (QED) is 0.578. The van der Waals surface area contributed by atoms with E-state index in [4.69, 9.17) is 0 Å². The zero-order valence-electron chi connectivity index (χ0n) is 17.9. The lowest BCUT2D eigenvalue weighted by molar-refractivity contribution is -0.120. The van der Waals surface area contributed by atoms with E-state index in [1.54, 1.807) is 0 Å². The highest BCUT2D eigenvalue weighted by molar-refractivity contribution is 9.10. The van der Waals surface area contributed by atoms with Crippen LogP contribution in [0.4, 0.5) is 17.1 Å². The van der Waals surface area contributed by atoms with Crippen LogP contribution >= 0.6 is 15.9 Å². The maximum absolute atomic E-state index is 13.0. The number of carbonyl (C=O) groups excluding carboxylic acids is 2. The van der Waals surface area contributed by atoms with Gasteiger partial charge in [-0.2, -0.15) is 0 Å². The Morgan fingerprint density at radius 1 is 1.06 bits per heavy atom. The normalized spacial score (nSPS) is 13.2. The van der Waals surface area contributed by atoms with Crippen LogP contribution in [0.2, 0.25) is 0 Å². The van der Waals surface area contributed by atoms with Gasteiger partial charge in [-0.15, -0.1) is 0 Å². The van der Waals surface area contributed by atoms with Crippen LogP contribution in [0.25, 0.3) is 0 Å². The number of hydrogen-bond acceptors (Lipinski definition) is 4. The topological polar surface area (TPSA) is 65.0 Å². The Bertz CT molecular complexity index is 1170. The van der Waals surface area contributed by atoms with Crippen molar-refractivity contribution < 1.29 is 9.59 Å². The SMILES string of the molecule is CN(C)c1ccc(NC(=O)CN2C(=O)CN=C(c3ccccc3)c3cc(Br)ccc32)cc1. The van der Waals surface area contributed by atoms with Gasteiger partial charge in [0.15, 0.2) is 0 Å². The third-order valence-corrected chi connectivity index (χ3v) is 5.69. The number of anilines is 3. The molecule has 7 heteroatoms. The summed E-state index contributed by atoms with van der Waals surface area (Å²) >= 11 is 3.52. The van der Waals surface area contributed by atoms with Gasteiger partial charge in [0.25, 0.3) is 0 Å². The monoisotopic (exact) mass is 490 g/mol. The minimum atomic E-state index is -0.270. The van der Waals surface area contributed by atoms with Crippen molar-refractivity contribution in [2.45, 2.75) is 0 Å². The van der Waals surface area contributed by atoms with E-state index in [2.05, 4.69) is 26.2 Å². The van der Waals surface area contributed by atoms with Gasteiger partial charge in [0.2, 0.25) is 11.8 Å². The fourth-order valence-corrected chi connectivity index (χ4v) is 3.95. The van der Waals surface area contributed by atoms with E-state index in [9.17, 15) is 9.59 Å². The highest BCUT2D eigenvalue weighted by atomic mass is 79.9. The predicted molar refractivity (Wildman–Crippen MR) is 133 cm³/mol. The van der Waals surface area contributed by atoms with Crippen molar-refractivity contribution in [2.75, 3.05) is 42.3 Å². The summed E-state index contributed by atoms with van der Waals surface area (Å²) in [7, 11) is 3.92. The molecular weight excluding hydrogens is 468 g/mol. The summed E-state index contributed by atoms with van der Waals surface area (Å²) in [5.74, 6) is -0.495. The van der Waals surface area contributed by atoms with Gasteiger partial charge in [0.1, 0.15) is 13.1 Å². The van der Waals surface area contributed by atoms with Crippen LogP contribution < -0.4 is 15.1 Å². The number of fused-ring (bicyclic) bond motifs is 1. The van der Waals surface area contributed by atoms with Gasteiger partial charge in [0, 0.05) is 41.1 Å². The fraction of sp³-hybridized carbons (Fsp3) is 0.160. The number of benzene rings is 3. The number of aliphatic imine (C=N–C) groups is 1. The second-order valence-corrected chi connectivity index (χ2v) is 8.58. The van der Waals surface area contributed by atoms with Gasteiger partial charge in [-0.25, -0.2) is 0 Å². The molecule has 1 heterocycles. The number of halogens is 1. The summed E-state index contributed by atoms with van der Waals surface area (Å²) in [5.41, 5.74) is 4.84. The molecule has 3 aromatic rings. The number of nitrogens with zero attached hydrogens (tertiary/aromatic N) is 3. The van der Waals surface area contributed by atoms with Crippen LogP contribution in [0.5, 0.6) is 0 Å². The minimum Gasteiger partial charge on any atom is -0.378 e. The largest absolute Gasteiger partial charge is 0.378 e. The highest BCUT2D eigenvalue weighted by Crippen LogP contribution is 2.30. The summed E-state index contributed by atoms with van der Waals surface area (Å²) in [5, 5.41) is 2.88. The standard InChI is InChI=1S/C25H23BrN4O2/c1-29(2)20-11-9-19(10-12-20)28-23(31)16-30-22-13-8-18(26)14-21(22)25(27-15-24(30)32)17-6-4-3-5-7-17/h3-14H,15-16H2,1-2H3,(H,28,31). The van der Waals surface area contributed by atoms with Gasteiger partial charge in [0.05, 0.1) is 11.4 Å². The number of benzodiazepines with no additional fused rings is 1. The third-order valence-electron chi connectivity index (χ3n) is 5.19. The number of hydrogen-bond donors (Lipinski definition) is 1. The smallest absolute Gasteiger partial charge is 0.249 e. The Balaban J connectivity index is 1.61. The average Bonchev–Trinajstić information content (AvgIpc) is 2.91. The molecule has 0 saturated carbocycles. The lowest BCUT2D eigenvalue weighted by Crippen LogP contribution is -2.39. The molecule has 0 atom stereocenters. The number of rotatable bonds is 5. The van der Waals surface area contributed by atoms with Gasteiger partial charge < -0.3 is 15.1 Å². The molecule has 1 aliphatic rings. The Morgan fingerprint density at radius 3 is 2.47 bits per heavy atom. The molecule has 1 aliphatic heterocycles. The second-order valence-electron chi connectivity index (χ2n) is 7.66. The molecule has 2 amide bonds. The Labute approximate surface area is 195 Å². The first kappa shape index (κ1) is 21.8. The zero-order valence-corrected chi connectivity index (χ0v) is 19.5. The molecule has 0 aliphatic carbocycles. The van der Waals surface area contributed by atoms with Crippen LogP contribution in [-0.2, 0) is 9.59 Å². The first-order chi connectivity index (χ1) is 15.4. The van der Waals surface area contributed by atoms with Crippen LogP contribution in [0.15, 0.2) is 82.3 Å². The van der Waals surface area contributed by atoms with Crippen molar-refractivity contribution in [2.24, 2.45) is 4.99 Å². The fourth-order valence-electron chi connectivity index (χ4n) is 3.59. The first-order valence-corrected chi connectivity index (χ1v) is 11.0. The van der Waals surface area contributed by atoms with Gasteiger partial charge in [-0.05, 0) is 42.5 Å². The molecule has 0 unspecified atom stereocenters. The van der Waals surface area contributed by atoms with Crippen molar-refractivity contribution in [3.63, 3.8) is 0 Å². The van der Waals surface area contributed by atoms with Gasteiger partial charge in [-0.3, -0.25) is 14.6 Å². The van der Waals surface area contributed by atoms with Crippen molar-refractivity contribution in [1.82, 2.24) is 0 Å². The summed E-state index contributed by atoms with van der Waals surface area (Å²) in [6, 6.07) is 23.0. The van der Waals surface area contributed by atoms with Gasteiger partial charge in [-0.1, -0.05) is 46.3 Å². The Morgan fingerprint density at radius 2 is 1.78 bits per heavy atom. The molecule has 0 radical (unpaired) electrons. The van der Waals surface area contributed by atoms with Crippen LogP contribution in [0.1, 0.15) is 11.1 Å². The van der Waals surface area contributed by atoms with E-state index in [0.29, 0.717) is 11.4 Å². The molecule has 4 rings (SSSR count). The third kappa shape index (κ3) is 4.73. The molecule has 162 valence electrons. The lowest BCUT2D eigenvalue weighted by atomic mass is 10.0. The zero-order chi connectivity index (χ0) is 22.7. The van der Waals surface area contributed by atoms with E-state index in [-0.39, 0.29) is 24.9 Å². The van der Waals surface area contributed by atoms with E-state index in [1.807, 2.05) is 91.8 Å². The number of carbonyl (C=O) groups is 2. The highest BCUT2D eigenvalue weighted by Gasteiger charge is 2.27. The predicted octanol–water partition coefficient (Wildman–Crippen LogP) is 4.34. The molecule has 0 aromatic heterocycles. The summed E-state index contributed by atoms with van der Waals surface area (Å²) in [6.07, 6.45) is 0. The van der Waals surface area contributed by atoms with Crippen LogP contribution in [-0.4, -0.2) is 44.7 Å². The summed E-state index contributed by atoms with van der Waals surface area (Å²) < 4.78 is 0.875. The summed E-state index contributed by atoms with van der Waals surface area (Å²) in [6.45, 7) is -0.123. The van der Waals surface area contributed by atoms with E-state index >= 15 is 0 Å². The van der Waals surface area contributed by atoms with E-state index in [0.717, 1.165) is 27.0 Å². The molecule has 0 spiro atoms. The van der Waals surface area contributed by atoms with E-state index in [1.165, 1.54) is 4.90 Å². The van der Waals surface area contributed by atoms with Crippen molar-refractivity contribution >= 4 is 50.5 Å². The average molecular weight is 491 g/mol. The van der Waals surface area contributed by atoms with E-state index < -0.39 is 0 Å². The maximum Gasteiger partial charge on any atom is 0.249 e. The van der Waals surface area contributed by atoms with Crippen molar-refractivity contribution in [1.29, 1.82) is 0 Å². The van der Waals surface area contributed by atoms with Gasteiger partial charge >= 0.3 is 0 Å². The Hall–Kier alpha value is -3.45. The molecule has 0 fully saturated rings. The molecular formula is C25H23BrN4O2.